The second-order valence-electron chi connectivity index (χ2n) is 4.70. The normalized spacial score (nSPS) is 10.0. The van der Waals surface area contributed by atoms with Gasteiger partial charge in [0.15, 0.2) is 0 Å². The van der Waals surface area contributed by atoms with Crippen molar-refractivity contribution in [3.05, 3.63) is 50.7 Å². The summed E-state index contributed by atoms with van der Waals surface area (Å²) < 4.78 is 5.97. The molecule has 0 unspecified atom stereocenters. The summed E-state index contributed by atoms with van der Waals surface area (Å²) in [5, 5.41) is 10.7. The minimum absolute atomic E-state index is 0.108. The van der Waals surface area contributed by atoms with Crippen LogP contribution in [0.4, 0.5) is 0 Å². The van der Waals surface area contributed by atoms with Crippen molar-refractivity contribution in [2.24, 2.45) is 0 Å². The van der Waals surface area contributed by atoms with Crippen molar-refractivity contribution in [3.8, 4) is 17.6 Å². The molecule has 1 heterocycles. The van der Waals surface area contributed by atoms with Gasteiger partial charge in [-0.3, -0.25) is 0 Å². The second kappa shape index (κ2) is 6.60. The Morgan fingerprint density at radius 3 is 2.70 bits per heavy atom. The molecule has 1 aromatic carbocycles. The van der Waals surface area contributed by atoms with Crippen LogP contribution in [0.15, 0.2) is 23.6 Å². The molecule has 0 aliphatic heterocycles. The lowest BCUT2D eigenvalue weighted by Crippen LogP contribution is -1.98. The first-order valence-electron chi connectivity index (χ1n) is 6.48. The summed E-state index contributed by atoms with van der Waals surface area (Å²) in [5.74, 6) is 6.52. The van der Waals surface area contributed by atoms with Crippen LogP contribution < -0.4 is 4.74 Å². The molecule has 1 aromatic heterocycles. The van der Waals surface area contributed by atoms with Gasteiger partial charge < -0.3 is 9.84 Å². The van der Waals surface area contributed by atoms with E-state index in [-0.39, 0.29) is 6.61 Å². The lowest BCUT2D eigenvalue weighted by atomic mass is 10.1. The average molecular weight is 286 g/mol. The number of thiophene rings is 1. The SMILES string of the molecule is Cc1ccc(C)c(OCc2cc(C#CCO)cs2)c1C. The van der Waals surface area contributed by atoms with Crippen LogP contribution in [0.1, 0.15) is 27.1 Å². The molecule has 1 N–H and O–H groups in total. The number of ether oxygens (including phenoxy) is 1. The van der Waals surface area contributed by atoms with Gasteiger partial charge in [-0.05, 0) is 43.5 Å². The molecule has 0 fully saturated rings. The van der Waals surface area contributed by atoms with Gasteiger partial charge in [0.25, 0.3) is 0 Å². The molecule has 104 valence electrons. The highest BCUT2D eigenvalue weighted by atomic mass is 32.1. The van der Waals surface area contributed by atoms with Crippen molar-refractivity contribution in [2.45, 2.75) is 27.4 Å². The first-order valence-corrected chi connectivity index (χ1v) is 7.36. The van der Waals surface area contributed by atoms with E-state index >= 15 is 0 Å². The van der Waals surface area contributed by atoms with Crippen molar-refractivity contribution in [3.63, 3.8) is 0 Å². The molecule has 2 rings (SSSR count). The molecule has 3 heteroatoms. The first-order chi connectivity index (χ1) is 9.61. The van der Waals surface area contributed by atoms with Crippen LogP contribution in [0.2, 0.25) is 0 Å². The maximum atomic E-state index is 8.68. The fraction of sp³-hybridized carbons (Fsp3) is 0.294. The summed E-state index contributed by atoms with van der Waals surface area (Å²) in [6, 6.07) is 6.21. The third kappa shape index (κ3) is 3.41. The van der Waals surface area contributed by atoms with Gasteiger partial charge in [-0.1, -0.05) is 24.0 Å². The summed E-state index contributed by atoms with van der Waals surface area (Å²) >= 11 is 1.63. The minimum atomic E-state index is -0.108. The van der Waals surface area contributed by atoms with Gasteiger partial charge in [0.2, 0.25) is 0 Å². The number of hydrogen-bond acceptors (Lipinski definition) is 3. The largest absolute Gasteiger partial charge is 0.488 e. The minimum Gasteiger partial charge on any atom is -0.488 e. The summed E-state index contributed by atoms with van der Waals surface area (Å²) in [5.41, 5.74) is 4.53. The van der Waals surface area contributed by atoms with Crippen LogP contribution in [0, 0.1) is 32.6 Å². The molecular formula is C17H18O2S. The van der Waals surface area contributed by atoms with Gasteiger partial charge >= 0.3 is 0 Å². The number of rotatable bonds is 3. The quantitative estimate of drug-likeness (QED) is 0.874. The lowest BCUT2D eigenvalue weighted by molar-refractivity contribution is 0.305. The van der Waals surface area contributed by atoms with E-state index in [1.165, 1.54) is 11.1 Å². The van der Waals surface area contributed by atoms with Crippen molar-refractivity contribution < 1.29 is 9.84 Å². The Morgan fingerprint density at radius 1 is 1.20 bits per heavy atom. The van der Waals surface area contributed by atoms with Gasteiger partial charge in [-0.2, -0.15) is 0 Å². The molecule has 0 aliphatic rings. The Morgan fingerprint density at radius 2 is 1.95 bits per heavy atom. The molecule has 0 amide bonds. The first kappa shape index (κ1) is 14.6. The fourth-order valence-corrected chi connectivity index (χ4v) is 2.68. The molecular weight excluding hydrogens is 268 g/mol. The van der Waals surface area contributed by atoms with E-state index < -0.39 is 0 Å². The Bertz CT molecular complexity index is 659. The van der Waals surface area contributed by atoms with E-state index in [0.717, 1.165) is 21.8 Å². The molecule has 0 saturated carbocycles. The average Bonchev–Trinajstić information content (AvgIpc) is 2.89. The number of aryl methyl sites for hydroxylation is 2. The van der Waals surface area contributed by atoms with Gasteiger partial charge in [-0.15, -0.1) is 11.3 Å². The molecule has 0 atom stereocenters. The highest BCUT2D eigenvalue weighted by Gasteiger charge is 2.07. The van der Waals surface area contributed by atoms with Crippen LogP contribution in [0.3, 0.4) is 0 Å². The van der Waals surface area contributed by atoms with Crippen LogP contribution in [0.25, 0.3) is 0 Å². The molecule has 0 spiro atoms. The van der Waals surface area contributed by atoms with Gasteiger partial charge in [0.05, 0.1) is 0 Å². The van der Waals surface area contributed by atoms with Gasteiger partial charge in [0.1, 0.15) is 19.0 Å². The highest BCUT2D eigenvalue weighted by Crippen LogP contribution is 2.27. The van der Waals surface area contributed by atoms with Crippen LogP contribution in [0.5, 0.6) is 5.75 Å². The third-order valence-corrected chi connectivity index (χ3v) is 4.11. The summed E-state index contributed by atoms with van der Waals surface area (Å²) in [6.45, 7) is 6.69. The molecule has 2 aromatic rings. The van der Waals surface area contributed by atoms with E-state index in [9.17, 15) is 0 Å². The van der Waals surface area contributed by atoms with Crippen molar-refractivity contribution >= 4 is 11.3 Å². The standard InChI is InChI=1S/C17H18O2S/c1-12-6-7-13(2)17(14(12)3)19-10-16-9-15(11-20-16)5-4-8-18/h6-7,9,11,18H,8,10H2,1-3H3. The number of aliphatic hydroxyl groups is 1. The maximum Gasteiger partial charge on any atom is 0.125 e. The van der Waals surface area contributed by atoms with E-state index in [1.807, 2.05) is 11.4 Å². The van der Waals surface area contributed by atoms with Crippen molar-refractivity contribution in [2.75, 3.05) is 6.61 Å². The second-order valence-corrected chi connectivity index (χ2v) is 5.70. The number of aliphatic hydroxyl groups excluding tert-OH is 1. The van der Waals surface area contributed by atoms with E-state index in [0.29, 0.717) is 6.61 Å². The molecule has 0 saturated heterocycles. The van der Waals surface area contributed by atoms with Crippen molar-refractivity contribution in [1.82, 2.24) is 0 Å². The fourth-order valence-electron chi connectivity index (χ4n) is 1.95. The molecule has 2 nitrogen and oxygen atoms in total. The number of hydrogen-bond donors (Lipinski definition) is 1. The monoisotopic (exact) mass is 286 g/mol. The van der Waals surface area contributed by atoms with E-state index in [1.54, 1.807) is 11.3 Å². The van der Waals surface area contributed by atoms with Gasteiger partial charge in [0, 0.05) is 15.8 Å². The highest BCUT2D eigenvalue weighted by molar-refractivity contribution is 7.10. The topological polar surface area (TPSA) is 29.5 Å². The Kier molecular flexibility index (Phi) is 4.84. The molecule has 20 heavy (non-hydrogen) atoms. The van der Waals surface area contributed by atoms with Crippen LogP contribution in [-0.2, 0) is 6.61 Å². The predicted octanol–water partition coefficient (Wildman–Crippen LogP) is 3.60. The maximum absolute atomic E-state index is 8.68. The third-order valence-electron chi connectivity index (χ3n) is 3.20. The van der Waals surface area contributed by atoms with Crippen LogP contribution in [-0.4, -0.2) is 11.7 Å². The zero-order chi connectivity index (χ0) is 14.5. The van der Waals surface area contributed by atoms with E-state index in [4.69, 9.17) is 9.84 Å². The van der Waals surface area contributed by atoms with Crippen molar-refractivity contribution in [1.29, 1.82) is 0 Å². The Labute approximate surface area is 124 Å². The van der Waals surface area contributed by atoms with E-state index in [2.05, 4.69) is 44.7 Å². The number of benzene rings is 1. The summed E-state index contributed by atoms with van der Waals surface area (Å²) in [7, 11) is 0. The lowest BCUT2D eigenvalue weighted by Gasteiger charge is -2.13. The van der Waals surface area contributed by atoms with Crippen LogP contribution >= 0.6 is 11.3 Å². The zero-order valence-corrected chi connectivity index (χ0v) is 12.8. The Balaban J connectivity index is 2.09. The molecule has 0 aliphatic carbocycles. The summed E-state index contributed by atoms with van der Waals surface area (Å²) in [6.07, 6.45) is 0. The van der Waals surface area contributed by atoms with Gasteiger partial charge in [-0.25, -0.2) is 0 Å². The predicted molar refractivity (Wildman–Crippen MR) is 83.3 cm³/mol. The molecule has 0 bridgehead atoms. The molecule has 0 radical (unpaired) electrons. The zero-order valence-electron chi connectivity index (χ0n) is 12.0. The summed E-state index contributed by atoms with van der Waals surface area (Å²) in [4.78, 5) is 1.13. The smallest absolute Gasteiger partial charge is 0.125 e. The Hall–Kier alpha value is -1.76.